The number of hydrogen-bond donors (Lipinski definition) is 1. The van der Waals surface area contributed by atoms with Crippen molar-refractivity contribution in [1.82, 2.24) is 4.98 Å². The van der Waals surface area contributed by atoms with E-state index < -0.39 is 5.82 Å². The quantitative estimate of drug-likeness (QED) is 0.877. The molecule has 0 saturated carbocycles. The van der Waals surface area contributed by atoms with Gasteiger partial charge in [0.15, 0.2) is 5.82 Å². The zero-order valence-corrected chi connectivity index (χ0v) is 9.82. The summed E-state index contributed by atoms with van der Waals surface area (Å²) in [5, 5.41) is 9.05. The molecule has 1 aromatic heterocycles. The molecule has 3 nitrogen and oxygen atoms in total. The summed E-state index contributed by atoms with van der Waals surface area (Å²) in [5.41, 5.74) is 1.54. The van der Waals surface area contributed by atoms with Crippen molar-refractivity contribution in [3.63, 3.8) is 0 Å². The van der Waals surface area contributed by atoms with Gasteiger partial charge in [0.2, 0.25) is 0 Å². The lowest BCUT2D eigenvalue weighted by Gasteiger charge is -2.20. The van der Waals surface area contributed by atoms with E-state index in [1.165, 1.54) is 7.11 Å². The lowest BCUT2D eigenvalue weighted by molar-refractivity contribution is 0.218. The summed E-state index contributed by atoms with van der Waals surface area (Å²) in [6.07, 6.45) is 6.04. The second-order valence-electron chi connectivity index (χ2n) is 4.23. The number of pyridine rings is 1. The molecule has 1 atom stereocenters. The lowest BCUT2D eigenvalue weighted by atomic mass is 9.87. The minimum absolute atomic E-state index is 0.0349. The molecular formula is C13H16FNO2. The Kier molecular flexibility index (Phi) is 3.74. The summed E-state index contributed by atoms with van der Waals surface area (Å²) in [5.74, 6) is -0.0538. The molecular weight excluding hydrogens is 221 g/mol. The van der Waals surface area contributed by atoms with Gasteiger partial charge in [0, 0.05) is 18.4 Å². The Hall–Kier alpha value is -1.42. The van der Waals surface area contributed by atoms with E-state index in [4.69, 9.17) is 9.84 Å². The van der Waals surface area contributed by atoms with E-state index in [0.717, 1.165) is 24.8 Å². The predicted octanol–water partition coefficient (Wildman–Crippen LogP) is 2.41. The van der Waals surface area contributed by atoms with Crippen LogP contribution in [0.25, 0.3) is 5.57 Å². The molecule has 1 heterocycles. The summed E-state index contributed by atoms with van der Waals surface area (Å²) in [7, 11) is 1.41. The largest absolute Gasteiger partial charge is 0.479 e. The van der Waals surface area contributed by atoms with Gasteiger partial charge < -0.3 is 9.84 Å². The summed E-state index contributed by atoms with van der Waals surface area (Å²) in [6, 6.07) is 1.67. The molecule has 0 spiro atoms. The van der Waals surface area contributed by atoms with Crippen LogP contribution < -0.4 is 4.74 Å². The molecule has 17 heavy (non-hydrogen) atoms. The number of rotatable bonds is 3. The molecule has 0 radical (unpaired) electrons. The third kappa shape index (κ3) is 2.47. The maximum atomic E-state index is 14.0. The van der Waals surface area contributed by atoms with Crippen molar-refractivity contribution < 1.29 is 14.2 Å². The standard InChI is InChI=1S/C13H16FNO2/c1-17-13-12(14)11(6-7-15-13)10-4-2-9(8-16)3-5-10/h4,6-7,9,16H,2-3,5,8H2,1H3. The van der Waals surface area contributed by atoms with E-state index in [9.17, 15) is 4.39 Å². The summed E-state index contributed by atoms with van der Waals surface area (Å²) >= 11 is 0. The van der Waals surface area contributed by atoms with Crippen LogP contribution in [0.15, 0.2) is 18.3 Å². The van der Waals surface area contributed by atoms with Crippen molar-refractivity contribution in [2.75, 3.05) is 13.7 Å². The summed E-state index contributed by atoms with van der Waals surface area (Å²) in [4.78, 5) is 3.82. The number of allylic oxidation sites excluding steroid dienone is 2. The van der Waals surface area contributed by atoms with E-state index in [1.54, 1.807) is 12.3 Å². The molecule has 1 N–H and O–H groups in total. The first-order valence-corrected chi connectivity index (χ1v) is 5.75. The van der Waals surface area contributed by atoms with E-state index in [2.05, 4.69) is 4.98 Å². The van der Waals surface area contributed by atoms with Gasteiger partial charge in [-0.15, -0.1) is 0 Å². The van der Waals surface area contributed by atoms with Gasteiger partial charge in [0.05, 0.1) is 7.11 Å². The number of nitrogens with zero attached hydrogens (tertiary/aromatic N) is 1. The SMILES string of the molecule is COc1nccc(C2=CCC(CO)CC2)c1F. The molecule has 0 saturated heterocycles. The van der Waals surface area contributed by atoms with E-state index in [0.29, 0.717) is 11.5 Å². The van der Waals surface area contributed by atoms with Gasteiger partial charge in [-0.2, -0.15) is 0 Å². The van der Waals surface area contributed by atoms with Crippen molar-refractivity contribution in [2.24, 2.45) is 5.92 Å². The Bertz CT molecular complexity index is 431. The molecule has 0 fully saturated rings. The number of halogens is 1. The number of aliphatic hydroxyl groups excluding tert-OH is 1. The van der Waals surface area contributed by atoms with Crippen LogP contribution in [-0.4, -0.2) is 23.8 Å². The fourth-order valence-electron chi connectivity index (χ4n) is 2.11. The number of aromatic nitrogens is 1. The average Bonchev–Trinajstić information content (AvgIpc) is 2.39. The second-order valence-corrected chi connectivity index (χ2v) is 4.23. The highest BCUT2D eigenvalue weighted by atomic mass is 19.1. The second kappa shape index (κ2) is 5.27. The normalized spacial score (nSPS) is 19.9. The Morgan fingerprint density at radius 3 is 3.00 bits per heavy atom. The van der Waals surface area contributed by atoms with Gasteiger partial charge in [0.25, 0.3) is 5.88 Å². The average molecular weight is 237 g/mol. The van der Waals surface area contributed by atoms with E-state index in [-0.39, 0.29) is 12.5 Å². The molecule has 1 unspecified atom stereocenters. The maximum absolute atomic E-state index is 14.0. The molecule has 0 amide bonds. The van der Waals surface area contributed by atoms with Crippen LogP contribution in [0, 0.1) is 11.7 Å². The Balaban J connectivity index is 2.26. The van der Waals surface area contributed by atoms with Crippen LogP contribution in [0.4, 0.5) is 4.39 Å². The highest BCUT2D eigenvalue weighted by molar-refractivity contribution is 5.67. The van der Waals surface area contributed by atoms with Gasteiger partial charge in [-0.25, -0.2) is 9.37 Å². The number of hydrogen-bond acceptors (Lipinski definition) is 3. The molecule has 0 aromatic carbocycles. The monoisotopic (exact) mass is 237 g/mol. The fourth-order valence-corrected chi connectivity index (χ4v) is 2.11. The first-order valence-electron chi connectivity index (χ1n) is 5.75. The Morgan fingerprint density at radius 2 is 2.41 bits per heavy atom. The van der Waals surface area contributed by atoms with Crippen molar-refractivity contribution in [1.29, 1.82) is 0 Å². The van der Waals surface area contributed by atoms with Crippen molar-refractivity contribution in [2.45, 2.75) is 19.3 Å². The summed E-state index contributed by atoms with van der Waals surface area (Å²) < 4.78 is 18.8. The number of ether oxygens (including phenoxy) is 1. The molecule has 0 bridgehead atoms. The zero-order chi connectivity index (χ0) is 12.3. The summed E-state index contributed by atoms with van der Waals surface area (Å²) in [6.45, 7) is 0.200. The molecule has 0 aliphatic heterocycles. The molecule has 1 aromatic rings. The molecule has 92 valence electrons. The van der Waals surface area contributed by atoms with Crippen LogP contribution in [0.5, 0.6) is 5.88 Å². The van der Waals surface area contributed by atoms with Crippen molar-refractivity contribution in [3.8, 4) is 5.88 Å². The van der Waals surface area contributed by atoms with Gasteiger partial charge in [-0.1, -0.05) is 6.08 Å². The number of methoxy groups -OCH3 is 1. The van der Waals surface area contributed by atoms with Gasteiger partial charge in [0.1, 0.15) is 0 Å². The first-order chi connectivity index (χ1) is 8.26. The first kappa shape index (κ1) is 12.0. The van der Waals surface area contributed by atoms with Crippen LogP contribution in [-0.2, 0) is 0 Å². The Morgan fingerprint density at radius 1 is 1.59 bits per heavy atom. The third-order valence-electron chi connectivity index (χ3n) is 3.17. The minimum atomic E-state index is -0.399. The van der Waals surface area contributed by atoms with Crippen LogP contribution in [0.2, 0.25) is 0 Å². The van der Waals surface area contributed by atoms with E-state index in [1.807, 2.05) is 6.08 Å². The number of aliphatic hydroxyl groups is 1. The Labute approximate surface area is 99.9 Å². The van der Waals surface area contributed by atoms with Crippen LogP contribution in [0.3, 0.4) is 0 Å². The van der Waals surface area contributed by atoms with Gasteiger partial charge in [-0.3, -0.25) is 0 Å². The topological polar surface area (TPSA) is 42.4 Å². The predicted molar refractivity (Wildman–Crippen MR) is 63.2 cm³/mol. The van der Waals surface area contributed by atoms with Crippen molar-refractivity contribution in [3.05, 3.63) is 29.7 Å². The smallest absolute Gasteiger partial charge is 0.250 e. The molecule has 1 aliphatic carbocycles. The third-order valence-corrected chi connectivity index (χ3v) is 3.17. The minimum Gasteiger partial charge on any atom is -0.479 e. The van der Waals surface area contributed by atoms with Crippen molar-refractivity contribution >= 4 is 5.57 Å². The van der Waals surface area contributed by atoms with Gasteiger partial charge in [-0.05, 0) is 36.8 Å². The van der Waals surface area contributed by atoms with Crippen LogP contribution in [0.1, 0.15) is 24.8 Å². The zero-order valence-electron chi connectivity index (χ0n) is 9.82. The van der Waals surface area contributed by atoms with Crippen LogP contribution >= 0.6 is 0 Å². The highest BCUT2D eigenvalue weighted by Gasteiger charge is 2.18. The molecule has 4 heteroatoms. The van der Waals surface area contributed by atoms with E-state index >= 15 is 0 Å². The maximum Gasteiger partial charge on any atom is 0.250 e. The lowest BCUT2D eigenvalue weighted by Crippen LogP contribution is -2.10. The highest BCUT2D eigenvalue weighted by Crippen LogP contribution is 2.32. The fraction of sp³-hybridized carbons (Fsp3) is 0.462. The van der Waals surface area contributed by atoms with Gasteiger partial charge >= 0.3 is 0 Å². The molecule has 2 rings (SSSR count). The molecule has 1 aliphatic rings.